The first kappa shape index (κ1) is 13.9. The van der Waals surface area contributed by atoms with Gasteiger partial charge in [-0.2, -0.15) is 0 Å². The molecule has 0 amide bonds. The fourth-order valence-corrected chi connectivity index (χ4v) is 5.48. The largest absolute Gasteiger partial charge is 0.139 e. The molecule has 1 aliphatic heterocycles. The van der Waals surface area contributed by atoms with Crippen molar-refractivity contribution < 1.29 is 0 Å². The van der Waals surface area contributed by atoms with Crippen molar-refractivity contribution in [2.75, 3.05) is 6.26 Å². The molecule has 0 aliphatic carbocycles. The van der Waals surface area contributed by atoms with E-state index in [4.69, 9.17) is 11.6 Å². The number of benzene rings is 1. The van der Waals surface area contributed by atoms with Crippen LogP contribution in [0.25, 0.3) is 4.91 Å². The summed E-state index contributed by atoms with van der Waals surface area (Å²) >= 11 is 7.96. The Morgan fingerprint density at radius 2 is 2.10 bits per heavy atom. The number of nitrogens with zero attached hydrogens (tertiary/aromatic N) is 1. The highest BCUT2D eigenvalue weighted by molar-refractivity contribution is 8.48. The summed E-state index contributed by atoms with van der Waals surface area (Å²) in [6.45, 7) is 2.07. The topological polar surface area (TPSA) is 29.4 Å². The van der Waals surface area contributed by atoms with E-state index in [9.17, 15) is 4.91 Å². The Hall–Kier alpha value is -1.10. The number of rotatable bonds is 4. The highest BCUT2D eigenvalue weighted by Crippen LogP contribution is 2.74. The van der Waals surface area contributed by atoms with Crippen LogP contribution in [0.1, 0.15) is 20.9 Å². The molecule has 1 unspecified atom stereocenters. The van der Waals surface area contributed by atoms with Crippen LogP contribution in [-0.2, 0) is 6.42 Å². The molecule has 1 aliphatic rings. The molecule has 0 saturated heterocycles. The van der Waals surface area contributed by atoms with Crippen LogP contribution in [0.4, 0.5) is 0 Å². The summed E-state index contributed by atoms with van der Waals surface area (Å²) < 4.78 is 3.24. The zero-order chi connectivity index (χ0) is 14.3. The first-order valence-corrected chi connectivity index (χ1v) is 9.46. The first-order valence-electron chi connectivity index (χ1n) is 6.20. The minimum Gasteiger partial charge on any atom is -0.139 e. The highest BCUT2D eigenvalue weighted by atomic mass is 35.5. The molecule has 104 valence electrons. The molecule has 0 N–H and O–H groups in total. The lowest BCUT2D eigenvalue weighted by atomic mass is 10.1. The molecule has 0 spiro atoms. The van der Waals surface area contributed by atoms with Gasteiger partial charge in [-0.3, -0.25) is 0 Å². The van der Waals surface area contributed by atoms with E-state index in [0.717, 1.165) is 21.9 Å². The smallest absolute Gasteiger partial charge is 0.0441 e. The predicted molar refractivity (Wildman–Crippen MR) is 90.6 cm³/mol. The van der Waals surface area contributed by atoms with E-state index in [-0.39, 0.29) is 0 Å². The molecule has 1 aromatic heterocycles. The van der Waals surface area contributed by atoms with E-state index in [0.29, 0.717) is 0 Å². The lowest BCUT2D eigenvalue weighted by Gasteiger charge is -2.04. The van der Waals surface area contributed by atoms with E-state index in [2.05, 4.69) is 29.7 Å². The van der Waals surface area contributed by atoms with Crippen molar-refractivity contribution >= 4 is 38.1 Å². The van der Waals surface area contributed by atoms with Gasteiger partial charge in [0.05, 0.1) is 0 Å². The Labute approximate surface area is 128 Å². The third kappa shape index (κ3) is 2.55. The summed E-state index contributed by atoms with van der Waals surface area (Å²) in [6.07, 6.45) is 2.76. The van der Waals surface area contributed by atoms with E-state index in [1.807, 2.05) is 23.8 Å². The van der Waals surface area contributed by atoms with E-state index >= 15 is 0 Å². The Morgan fingerprint density at radius 3 is 2.80 bits per heavy atom. The van der Waals surface area contributed by atoms with Crippen molar-refractivity contribution in [1.29, 1.82) is 0 Å². The minimum atomic E-state index is -1.43. The van der Waals surface area contributed by atoms with E-state index < -0.39 is 10.2 Å². The number of hydrogen-bond acceptors (Lipinski definition) is 3. The summed E-state index contributed by atoms with van der Waals surface area (Å²) in [7, 11) is -1.43. The number of nitroso groups, excluding NO2 is 1. The molecule has 1 aromatic carbocycles. The third-order valence-electron chi connectivity index (χ3n) is 3.35. The molecule has 0 bridgehead atoms. The van der Waals surface area contributed by atoms with Gasteiger partial charge in [-0.15, -0.1) is 16.2 Å². The molecule has 0 fully saturated rings. The van der Waals surface area contributed by atoms with Crippen LogP contribution < -0.4 is 0 Å². The summed E-state index contributed by atoms with van der Waals surface area (Å²) in [5.74, 6) is 0. The second-order valence-corrected chi connectivity index (χ2v) is 9.31. The normalized spacial score (nSPS) is 23.9. The molecule has 20 heavy (non-hydrogen) atoms. The summed E-state index contributed by atoms with van der Waals surface area (Å²) in [5, 5.41) is 2.80. The van der Waals surface area contributed by atoms with Crippen molar-refractivity contribution in [3.8, 4) is 0 Å². The molecule has 0 radical (unpaired) electrons. The number of halogens is 1. The van der Waals surface area contributed by atoms with Crippen molar-refractivity contribution in [3.05, 3.63) is 66.6 Å². The van der Waals surface area contributed by atoms with E-state index in [1.54, 1.807) is 11.3 Å². The molecule has 2 aromatic rings. The van der Waals surface area contributed by atoms with Crippen LogP contribution in [0.2, 0.25) is 5.02 Å². The van der Waals surface area contributed by atoms with E-state index in [1.165, 1.54) is 15.3 Å². The maximum absolute atomic E-state index is 10.8. The maximum atomic E-state index is 10.8. The maximum Gasteiger partial charge on any atom is 0.0441 e. The second kappa shape index (κ2) is 5.02. The van der Waals surface area contributed by atoms with Gasteiger partial charge in [0.15, 0.2) is 0 Å². The molecule has 5 heteroatoms. The van der Waals surface area contributed by atoms with Gasteiger partial charge < -0.3 is 0 Å². The summed E-state index contributed by atoms with van der Waals surface area (Å²) in [4.78, 5) is 14.3. The predicted octanol–water partition coefficient (Wildman–Crippen LogP) is 5.73. The Kier molecular flexibility index (Phi) is 3.48. The quantitative estimate of drug-likeness (QED) is 0.661. The van der Waals surface area contributed by atoms with Crippen molar-refractivity contribution in [2.24, 2.45) is 4.58 Å². The number of aryl methyl sites for hydroxylation is 1. The second-order valence-electron chi connectivity index (χ2n) is 5.03. The molecule has 1 atom stereocenters. The van der Waals surface area contributed by atoms with Gasteiger partial charge in [-0.1, -0.05) is 39.5 Å². The van der Waals surface area contributed by atoms with Gasteiger partial charge in [-0.05, 0) is 46.9 Å². The van der Waals surface area contributed by atoms with Gasteiger partial charge in [0.1, 0.15) is 0 Å². The van der Waals surface area contributed by atoms with Gasteiger partial charge in [-0.25, -0.2) is 0 Å². The fourth-order valence-electron chi connectivity index (χ4n) is 2.14. The van der Waals surface area contributed by atoms with Crippen LogP contribution in [0.3, 0.4) is 0 Å². The highest BCUT2D eigenvalue weighted by Gasteiger charge is 2.37. The third-order valence-corrected chi connectivity index (χ3v) is 6.94. The Bertz CT molecular complexity index is 722. The number of hydrogen-bond donors (Lipinski definition) is 0. The van der Waals surface area contributed by atoms with Crippen molar-refractivity contribution in [2.45, 2.75) is 13.3 Å². The van der Waals surface area contributed by atoms with Gasteiger partial charge >= 0.3 is 0 Å². The van der Waals surface area contributed by atoms with Gasteiger partial charge in [0.2, 0.25) is 0 Å². The SMILES string of the molecule is Cc1ccc(Cl)c(Cc2ccc(C3=CS3(C)N=O)s2)c1. The summed E-state index contributed by atoms with van der Waals surface area (Å²) in [6, 6.07) is 10.3. The minimum absolute atomic E-state index is 0.807. The van der Waals surface area contributed by atoms with Crippen LogP contribution in [0.5, 0.6) is 0 Å². The molecule has 2 heterocycles. The van der Waals surface area contributed by atoms with Crippen LogP contribution in [-0.4, -0.2) is 6.26 Å². The molecular formula is C15H14ClNOS2. The standard InChI is InChI=1S/C15H14ClNOS2/c1-10-3-5-13(16)11(7-10)8-12-4-6-14(19-12)15-9-20(15,2)17-18/h3-7,9H,8H2,1-2H3. The first-order chi connectivity index (χ1) is 9.51. The van der Waals surface area contributed by atoms with Gasteiger partial charge in [0.25, 0.3) is 0 Å². The zero-order valence-corrected chi connectivity index (χ0v) is 13.6. The van der Waals surface area contributed by atoms with Crippen molar-refractivity contribution in [1.82, 2.24) is 0 Å². The van der Waals surface area contributed by atoms with Gasteiger partial charge in [0, 0.05) is 26.1 Å². The zero-order valence-electron chi connectivity index (χ0n) is 11.2. The Morgan fingerprint density at radius 1 is 1.30 bits per heavy atom. The number of thiophene rings is 1. The molecule has 3 rings (SSSR count). The molecular weight excluding hydrogens is 310 g/mol. The lowest BCUT2D eigenvalue weighted by molar-refractivity contribution is 1.22. The molecule has 0 saturated carbocycles. The van der Waals surface area contributed by atoms with Crippen LogP contribution in [0.15, 0.2) is 40.3 Å². The lowest BCUT2D eigenvalue weighted by Crippen LogP contribution is -1.87. The average molecular weight is 324 g/mol. The fraction of sp³-hybridized carbons (Fsp3) is 0.200. The summed E-state index contributed by atoms with van der Waals surface area (Å²) in [5.41, 5.74) is 2.36. The monoisotopic (exact) mass is 323 g/mol. The molecule has 2 nitrogen and oxygen atoms in total. The van der Waals surface area contributed by atoms with Crippen LogP contribution in [0, 0.1) is 11.8 Å². The van der Waals surface area contributed by atoms with Crippen LogP contribution >= 0.6 is 33.2 Å². The average Bonchev–Trinajstić information content (AvgIpc) is 2.90. The van der Waals surface area contributed by atoms with Crippen molar-refractivity contribution in [3.63, 3.8) is 0 Å². The Balaban J connectivity index is 1.80.